The van der Waals surface area contributed by atoms with E-state index in [1.807, 2.05) is 0 Å². The summed E-state index contributed by atoms with van der Waals surface area (Å²) in [5.41, 5.74) is 0. The monoisotopic (exact) mass is 110 g/mol. The van der Waals surface area contributed by atoms with Crippen molar-refractivity contribution in [2.45, 2.75) is 38.5 Å². The van der Waals surface area contributed by atoms with Gasteiger partial charge < -0.3 is 0 Å². The summed E-state index contributed by atoms with van der Waals surface area (Å²) in [7, 11) is 0. The zero-order chi connectivity index (χ0) is 5.82. The molecule has 0 nitrogen and oxygen atoms in total. The molecule has 1 aliphatic rings. The van der Waals surface area contributed by atoms with Gasteiger partial charge in [-0.3, -0.25) is 0 Å². The molecule has 0 heterocycles. The molecule has 0 atom stereocenters. The van der Waals surface area contributed by atoms with Gasteiger partial charge in [-0.2, -0.15) is 0 Å². The van der Waals surface area contributed by atoms with Crippen molar-refractivity contribution in [3.63, 3.8) is 0 Å². The van der Waals surface area contributed by atoms with Gasteiger partial charge in [0.1, 0.15) is 0 Å². The summed E-state index contributed by atoms with van der Waals surface area (Å²) in [6.45, 7) is 5.50. The Balaban J connectivity index is 2.13. The first kappa shape index (κ1) is 6.12. The highest BCUT2D eigenvalue weighted by Crippen LogP contribution is 2.25. The molecular formula is C8H14. The van der Waals surface area contributed by atoms with E-state index >= 15 is 0 Å². The first-order chi connectivity index (χ1) is 3.93. The Labute approximate surface area is 52.3 Å². The van der Waals surface area contributed by atoms with Crippen LogP contribution in [0.4, 0.5) is 0 Å². The fourth-order valence-electron chi connectivity index (χ4n) is 1.42. The molecule has 8 heavy (non-hydrogen) atoms. The molecule has 1 rings (SSSR count). The predicted octanol–water partition coefficient (Wildman–Crippen LogP) is 2.67. The average molecular weight is 110 g/mol. The largest absolute Gasteiger partial charge is 0.0533 e. The Bertz CT molecular complexity index is 51.1. The second-order valence-corrected chi connectivity index (χ2v) is 2.74. The van der Waals surface area contributed by atoms with E-state index in [0.29, 0.717) is 0 Å². The van der Waals surface area contributed by atoms with Gasteiger partial charge in [-0.25, -0.2) is 0 Å². The van der Waals surface area contributed by atoms with Gasteiger partial charge >= 0.3 is 0 Å². The number of hydrogen-bond donors (Lipinski definition) is 0. The maximum Gasteiger partial charge on any atom is -0.0349 e. The van der Waals surface area contributed by atoms with Crippen LogP contribution in [0.2, 0.25) is 0 Å². The van der Waals surface area contributed by atoms with Crippen LogP contribution in [0.3, 0.4) is 0 Å². The SMILES string of the molecule is [CH]CC1CCCCC1. The van der Waals surface area contributed by atoms with Crippen molar-refractivity contribution in [2.24, 2.45) is 5.92 Å². The van der Waals surface area contributed by atoms with Gasteiger partial charge in [-0.1, -0.05) is 32.1 Å². The van der Waals surface area contributed by atoms with Crippen molar-refractivity contribution in [2.75, 3.05) is 0 Å². The van der Waals surface area contributed by atoms with Gasteiger partial charge in [0.2, 0.25) is 0 Å². The summed E-state index contributed by atoms with van der Waals surface area (Å²) in [4.78, 5) is 0. The molecule has 0 saturated heterocycles. The Morgan fingerprint density at radius 2 is 1.75 bits per heavy atom. The topological polar surface area (TPSA) is 0 Å². The third-order valence-corrected chi connectivity index (χ3v) is 2.06. The summed E-state index contributed by atoms with van der Waals surface area (Å²) >= 11 is 0. The van der Waals surface area contributed by atoms with Crippen molar-refractivity contribution in [1.29, 1.82) is 0 Å². The van der Waals surface area contributed by atoms with E-state index in [1.165, 1.54) is 32.1 Å². The van der Waals surface area contributed by atoms with Gasteiger partial charge in [0, 0.05) is 0 Å². The van der Waals surface area contributed by atoms with Gasteiger partial charge in [0.15, 0.2) is 0 Å². The van der Waals surface area contributed by atoms with Gasteiger partial charge in [-0.15, -0.1) is 0 Å². The molecule has 0 heteroatoms. The molecule has 1 saturated carbocycles. The Morgan fingerprint density at radius 1 is 1.12 bits per heavy atom. The number of rotatable bonds is 1. The summed E-state index contributed by atoms with van der Waals surface area (Å²) in [6, 6.07) is 0. The highest BCUT2D eigenvalue weighted by Gasteiger charge is 2.09. The summed E-state index contributed by atoms with van der Waals surface area (Å²) in [5.74, 6) is 0.865. The average Bonchev–Trinajstić information content (AvgIpc) is 1.90. The smallest absolute Gasteiger partial charge is 0.0349 e. The van der Waals surface area contributed by atoms with E-state index < -0.39 is 0 Å². The van der Waals surface area contributed by atoms with Crippen LogP contribution in [0.15, 0.2) is 0 Å². The molecule has 46 valence electrons. The third-order valence-electron chi connectivity index (χ3n) is 2.06. The molecule has 0 aromatic carbocycles. The Morgan fingerprint density at radius 3 is 2.12 bits per heavy atom. The van der Waals surface area contributed by atoms with Crippen molar-refractivity contribution >= 4 is 0 Å². The van der Waals surface area contributed by atoms with Crippen LogP contribution in [0, 0.1) is 12.8 Å². The van der Waals surface area contributed by atoms with Crippen molar-refractivity contribution < 1.29 is 0 Å². The second-order valence-electron chi connectivity index (χ2n) is 2.74. The Hall–Kier alpha value is 0. The zero-order valence-electron chi connectivity index (χ0n) is 5.40. The minimum absolute atomic E-state index is 0.865. The van der Waals surface area contributed by atoms with E-state index in [0.717, 1.165) is 12.3 Å². The highest BCUT2D eigenvalue weighted by molar-refractivity contribution is 4.65. The van der Waals surface area contributed by atoms with Gasteiger partial charge in [0.25, 0.3) is 0 Å². The quantitative estimate of drug-likeness (QED) is 0.487. The highest BCUT2D eigenvalue weighted by atomic mass is 14.2. The minimum atomic E-state index is 0.865. The molecule has 0 aromatic rings. The molecule has 0 N–H and O–H groups in total. The molecule has 1 aliphatic carbocycles. The van der Waals surface area contributed by atoms with Crippen LogP contribution in [0.1, 0.15) is 38.5 Å². The first-order valence-corrected chi connectivity index (χ1v) is 3.63. The van der Waals surface area contributed by atoms with Gasteiger partial charge in [0.05, 0.1) is 0 Å². The molecule has 0 aliphatic heterocycles. The summed E-state index contributed by atoms with van der Waals surface area (Å²) in [5, 5.41) is 0. The normalized spacial score (nSPS) is 23.6. The molecule has 0 amide bonds. The predicted molar refractivity (Wildman–Crippen MR) is 35.5 cm³/mol. The standard InChI is InChI=1S/C8H14/c1-2-8-6-4-3-5-7-8/h1,8H,2-7H2. The van der Waals surface area contributed by atoms with Crippen LogP contribution >= 0.6 is 0 Å². The minimum Gasteiger partial charge on any atom is -0.0533 e. The second kappa shape index (κ2) is 3.11. The lowest BCUT2D eigenvalue weighted by atomic mass is 9.88. The first-order valence-electron chi connectivity index (χ1n) is 3.63. The lowest BCUT2D eigenvalue weighted by Gasteiger charge is -2.18. The van der Waals surface area contributed by atoms with Gasteiger partial charge in [-0.05, 0) is 19.3 Å². The fourth-order valence-corrected chi connectivity index (χ4v) is 1.42. The molecular weight excluding hydrogens is 96.1 g/mol. The third kappa shape index (κ3) is 1.50. The van der Waals surface area contributed by atoms with E-state index in [2.05, 4.69) is 0 Å². The summed E-state index contributed by atoms with van der Waals surface area (Å²) in [6.07, 6.45) is 7.97. The van der Waals surface area contributed by atoms with E-state index in [-0.39, 0.29) is 0 Å². The van der Waals surface area contributed by atoms with Crippen molar-refractivity contribution in [1.82, 2.24) is 0 Å². The van der Waals surface area contributed by atoms with E-state index in [1.54, 1.807) is 0 Å². The molecule has 0 unspecified atom stereocenters. The molecule has 0 bridgehead atoms. The fraction of sp³-hybridized carbons (Fsp3) is 0.875. The zero-order valence-corrected chi connectivity index (χ0v) is 5.40. The lowest BCUT2D eigenvalue weighted by molar-refractivity contribution is 0.360. The molecule has 1 fully saturated rings. The van der Waals surface area contributed by atoms with Crippen LogP contribution in [-0.2, 0) is 0 Å². The number of hydrogen-bond acceptors (Lipinski definition) is 0. The molecule has 0 aromatic heterocycles. The molecule has 2 radical (unpaired) electrons. The molecule has 0 spiro atoms. The summed E-state index contributed by atoms with van der Waals surface area (Å²) < 4.78 is 0. The van der Waals surface area contributed by atoms with Crippen LogP contribution in [-0.4, -0.2) is 0 Å². The maximum atomic E-state index is 5.50. The van der Waals surface area contributed by atoms with Crippen molar-refractivity contribution in [3.8, 4) is 0 Å². The van der Waals surface area contributed by atoms with Crippen LogP contribution in [0.5, 0.6) is 0 Å². The van der Waals surface area contributed by atoms with Crippen LogP contribution in [0.25, 0.3) is 0 Å². The van der Waals surface area contributed by atoms with Crippen LogP contribution < -0.4 is 0 Å². The Kier molecular flexibility index (Phi) is 2.38. The van der Waals surface area contributed by atoms with Crippen molar-refractivity contribution in [3.05, 3.63) is 6.92 Å². The van der Waals surface area contributed by atoms with E-state index in [9.17, 15) is 0 Å². The lowest BCUT2D eigenvalue weighted by Crippen LogP contribution is -2.03. The maximum absolute atomic E-state index is 5.50. The van der Waals surface area contributed by atoms with E-state index in [4.69, 9.17) is 6.92 Å².